The van der Waals surface area contributed by atoms with Crippen molar-refractivity contribution >= 4 is 27.7 Å². The van der Waals surface area contributed by atoms with Crippen molar-refractivity contribution in [2.24, 2.45) is 0 Å². The normalized spacial score (nSPS) is 21.0. The van der Waals surface area contributed by atoms with Crippen LogP contribution in [-0.2, 0) is 8.85 Å². The topological polar surface area (TPSA) is 44.2 Å². The van der Waals surface area contributed by atoms with Gasteiger partial charge >= 0.3 is 0 Å². The minimum absolute atomic E-state index is 0.104. The van der Waals surface area contributed by atoms with Gasteiger partial charge in [-0.3, -0.25) is 0 Å². The van der Waals surface area contributed by atoms with Crippen molar-refractivity contribution in [3.8, 4) is 11.3 Å². The predicted octanol–water partition coefficient (Wildman–Crippen LogP) is 8.96. The number of aromatic nitrogens is 2. The fourth-order valence-electron chi connectivity index (χ4n) is 5.39. The van der Waals surface area contributed by atoms with Crippen molar-refractivity contribution in [1.82, 2.24) is 9.97 Å². The van der Waals surface area contributed by atoms with Crippen LogP contribution in [0.25, 0.3) is 22.3 Å². The molecule has 3 aromatic rings. The number of para-hydroxylation sites is 2. The van der Waals surface area contributed by atoms with Crippen molar-refractivity contribution in [1.29, 1.82) is 0 Å². The molecule has 2 aromatic carbocycles. The lowest BCUT2D eigenvalue weighted by atomic mass is 9.92. The number of nitrogens with zero attached hydrogens (tertiary/aromatic N) is 2. The third-order valence-electron chi connectivity index (χ3n) is 8.17. The van der Waals surface area contributed by atoms with Crippen LogP contribution in [0.1, 0.15) is 64.5 Å². The average molecular weight is 535 g/mol. The Bertz CT molecular complexity index is 1200. The average Bonchev–Trinajstić information content (AvgIpc) is 3.23. The fourth-order valence-corrected chi connectivity index (χ4v) is 8.06. The molecule has 0 amide bonds. The van der Waals surface area contributed by atoms with Gasteiger partial charge in [-0.05, 0) is 82.0 Å². The van der Waals surface area contributed by atoms with Crippen LogP contribution in [-0.4, -0.2) is 38.8 Å². The molecule has 0 spiro atoms. The van der Waals surface area contributed by atoms with Crippen LogP contribution in [0.4, 0.5) is 0 Å². The zero-order valence-electron chi connectivity index (χ0n) is 24.2. The van der Waals surface area contributed by atoms with Gasteiger partial charge in [-0.1, -0.05) is 63.2 Å². The third kappa shape index (κ3) is 6.77. The molecule has 0 aliphatic heterocycles. The van der Waals surface area contributed by atoms with E-state index in [-0.39, 0.29) is 10.6 Å². The van der Waals surface area contributed by atoms with Gasteiger partial charge in [0.05, 0.1) is 28.0 Å². The summed E-state index contributed by atoms with van der Waals surface area (Å²) in [5.41, 5.74) is 5.12. The van der Waals surface area contributed by atoms with Crippen LogP contribution in [0.5, 0.6) is 0 Å². The molecule has 4 rings (SSSR count). The molecule has 1 aliphatic rings. The first kappa shape index (κ1) is 28.1. The van der Waals surface area contributed by atoms with E-state index in [1.807, 2.05) is 6.07 Å². The van der Waals surface area contributed by atoms with Gasteiger partial charge in [0.25, 0.3) is 0 Å². The van der Waals surface area contributed by atoms with E-state index in [1.54, 1.807) is 0 Å². The monoisotopic (exact) mass is 534 g/mol. The Morgan fingerprint density at radius 1 is 0.892 bits per heavy atom. The summed E-state index contributed by atoms with van der Waals surface area (Å²) in [4.78, 5) is 10.4. The molecule has 0 radical (unpaired) electrons. The molecule has 1 heterocycles. The highest BCUT2D eigenvalue weighted by Gasteiger charge is 2.44. The van der Waals surface area contributed by atoms with Gasteiger partial charge in [0, 0.05) is 18.1 Å². The molecule has 0 saturated heterocycles. The van der Waals surface area contributed by atoms with Gasteiger partial charge in [-0.25, -0.2) is 9.97 Å². The third-order valence-corrected chi connectivity index (χ3v) is 13.8. The molecule has 4 nitrogen and oxygen atoms in total. The van der Waals surface area contributed by atoms with E-state index < -0.39 is 16.6 Å². The molecule has 1 aromatic heterocycles. The quantitative estimate of drug-likeness (QED) is 0.203. The standard InChI is InChI=1S/C31H46N2O2Si2/c1-30(2,3)37(7,8)34-22-14-20-31(35-36(4,5)6)21-19-25(23-31)29-28(24-15-10-9-11-16-24)32-26-17-12-13-18-27(26)33-29/h9-13,15-18,25H,14,19-23H2,1-8H3/t25-,31-/m1/s1. The first-order valence-corrected chi connectivity index (χ1v) is 20.3. The maximum Gasteiger partial charge on any atom is 0.191 e. The first-order chi connectivity index (χ1) is 17.3. The number of hydrogen-bond acceptors (Lipinski definition) is 4. The summed E-state index contributed by atoms with van der Waals surface area (Å²) >= 11 is 0. The molecular formula is C31H46N2O2Si2. The second kappa shape index (κ2) is 10.7. The summed E-state index contributed by atoms with van der Waals surface area (Å²) in [7, 11) is -3.48. The van der Waals surface area contributed by atoms with Crippen LogP contribution < -0.4 is 0 Å². The van der Waals surface area contributed by atoms with Gasteiger partial charge in [-0.15, -0.1) is 0 Å². The smallest absolute Gasteiger partial charge is 0.191 e. The molecule has 1 fully saturated rings. The SMILES string of the molecule is CC(C)(C)[Si](C)(C)OCCC[C@@]1(O[Si](C)(C)C)CC[C@@H](c2nc3ccccc3nc2-c2ccccc2)C1. The van der Waals surface area contributed by atoms with Crippen LogP contribution in [0.15, 0.2) is 54.6 Å². The molecular weight excluding hydrogens is 489 g/mol. The van der Waals surface area contributed by atoms with E-state index in [2.05, 4.69) is 102 Å². The van der Waals surface area contributed by atoms with Crippen molar-refractivity contribution in [3.05, 3.63) is 60.3 Å². The molecule has 6 heteroatoms. The molecule has 0 unspecified atom stereocenters. The van der Waals surface area contributed by atoms with Crippen LogP contribution in [0, 0.1) is 0 Å². The number of benzene rings is 2. The largest absolute Gasteiger partial charge is 0.417 e. The highest BCUT2D eigenvalue weighted by molar-refractivity contribution is 6.74. The highest BCUT2D eigenvalue weighted by Crippen LogP contribution is 2.48. The van der Waals surface area contributed by atoms with E-state index in [0.29, 0.717) is 5.92 Å². The van der Waals surface area contributed by atoms with Crippen molar-refractivity contribution in [2.75, 3.05) is 6.61 Å². The van der Waals surface area contributed by atoms with Crippen molar-refractivity contribution < 1.29 is 8.85 Å². The molecule has 37 heavy (non-hydrogen) atoms. The molecule has 1 aliphatic carbocycles. The zero-order valence-corrected chi connectivity index (χ0v) is 26.2. The Hall–Kier alpha value is -1.87. The highest BCUT2D eigenvalue weighted by atomic mass is 28.4. The lowest BCUT2D eigenvalue weighted by molar-refractivity contribution is 0.0500. The summed E-state index contributed by atoms with van der Waals surface area (Å²) in [6, 6.07) is 18.8. The van der Waals surface area contributed by atoms with Crippen LogP contribution in [0.3, 0.4) is 0 Å². The molecule has 200 valence electrons. The van der Waals surface area contributed by atoms with Gasteiger partial charge < -0.3 is 8.85 Å². The van der Waals surface area contributed by atoms with Gasteiger partial charge in [0.1, 0.15) is 0 Å². The van der Waals surface area contributed by atoms with Gasteiger partial charge in [-0.2, -0.15) is 0 Å². The minimum Gasteiger partial charge on any atom is -0.417 e. The summed E-state index contributed by atoms with van der Waals surface area (Å²) in [6.45, 7) is 19.4. The second-order valence-corrected chi connectivity index (χ2v) is 22.6. The number of fused-ring (bicyclic) bond motifs is 1. The molecule has 0 bridgehead atoms. The Kier molecular flexibility index (Phi) is 8.15. The molecule has 0 N–H and O–H groups in total. The van der Waals surface area contributed by atoms with Gasteiger partial charge in [0.15, 0.2) is 16.6 Å². The summed E-state index contributed by atoms with van der Waals surface area (Å²) in [5, 5.41) is 0.237. The Morgan fingerprint density at radius 3 is 2.14 bits per heavy atom. The number of hydrogen-bond donors (Lipinski definition) is 0. The van der Waals surface area contributed by atoms with E-state index in [1.165, 1.54) is 0 Å². The Labute approximate surface area is 226 Å². The van der Waals surface area contributed by atoms with Crippen molar-refractivity contribution in [3.63, 3.8) is 0 Å². The lowest BCUT2D eigenvalue weighted by Gasteiger charge is -2.38. The number of rotatable bonds is 9. The van der Waals surface area contributed by atoms with E-state index >= 15 is 0 Å². The minimum atomic E-state index is -1.74. The van der Waals surface area contributed by atoms with E-state index in [0.717, 1.165) is 66.7 Å². The fraction of sp³-hybridized carbons (Fsp3) is 0.548. The summed E-state index contributed by atoms with van der Waals surface area (Å²) < 4.78 is 13.6. The van der Waals surface area contributed by atoms with E-state index in [9.17, 15) is 0 Å². The van der Waals surface area contributed by atoms with E-state index in [4.69, 9.17) is 18.8 Å². The van der Waals surface area contributed by atoms with Crippen LogP contribution >= 0.6 is 0 Å². The predicted molar refractivity (Wildman–Crippen MR) is 161 cm³/mol. The van der Waals surface area contributed by atoms with Crippen LogP contribution in [0.2, 0.25) is 37.8 Å². The molecule has 2 atom stereocenters. The summed E-state index contributed by atoms with van der Waals surface area (Å²) in [5.74, 6) is 0.338. The lowest BCUT2D eigenvalue weighted by Crippen LogP contribution is -2.43. The Balaban J connectivity index is 1.60. The molecule has 1 saturated carbocycles. The maximum atomic E-state index is 7.02. The first-order valence-electron chi connectivity index (χ1n) is 13.9. The second-order valence-electron chi connectivity index (χ2n) is 13.4. The van der Waals surface area contributed by atoms with Crippen molar-refractivity contribution in [2.45, 2.75) is 102 Å². The maximum absolute atomic E-state index is 7.02. The Morgan fingerprint density at radius 2 is 1.51 bits per heavy atom. The van der Waals surface area contributed by atoms with Gasteiger partial charge in [0.2, 0.25) is 0 Å². The zero-order chi connectivity index (χ0) is 26.9. The summed E-state index contributed by atoms with van der Waals surface area (Å²) in [6.07, 6.45) is 5.25.